The molecule has 1 amide bonds. The molecule has 0 bridgehead atoms. The molecule has 0 saturated carbocycles. The highest BCUT2D eigenvalue weighted by Crippen LogP contribution is 2.28. The first kappa shape index (κ1) is 12.3. The topological polar surface area (TPSA) is 77.8 Å². The Morgan fingerprint density at radius 2 is 2.19 bits per heavy atom. The van der Waals surface area contributed by atoms with Gasteiger partial charge in [-0.05, 0) is 25.1 Å². The summed E-state index contributed by atoms with van der Waals surface area (Å²) >= 11 is 5.66. The van der Waals surface area contributed by atoms with Gasteiger partial charge in [0.05, 0.1) is 5.02 Å². The standard InChI is InChI=1S/C10H10ClNO4/c1-6(10(15)16)12(5-13)7-2-3-9(14)8(11)4-7/h2-6,14H,1H3,(H,15,16). The van der Waals surface area contributed by atoms with E-state index < -0.39 is 12.0 Å². The average Bonchev–Trinajstić information content (AvgIpc) is 2.24. The maximum absolute atomic E-state index is 10.8. The third-order valence-corrected chi connectivity index (χ3v) is 2.42. The first-order chi connectivity index (χ1) is 7.47. The van der Waals surface area contributed by atoms with Gasteiger partial charge in [0.1, 0.15) is 11.8 Å². The summed E-state index contributed by atoms with van der Waals surface area (Å²) in [5.41, 5.74) is 0.313. The van der Waals surface area contributed by atoms with E-state index in [4.69, 9.17) is 16.7 Å². The van der Waals surface area contributed by atoms with Crippen molar-refractivity contribution in [2.75, 3.05) is 4.90 Å². The molecule has 1 rings (SSSR count). The van der Waals surface area contributed by atoms with Crippen LogP contribution >= 0.6 is 11.6 Å². The second-order valence-corrected chi connectivity index (χ2v) is 3.57. The third-order valence-electron chi connectivity index (χ3n) is 2.12. The lowest BCUT2D eigenvalue weighted by Crippen LogP contribution is -2.37. The first-order valence-electron chi connectivity index (χ1n) is 4.42. The van der Waals surface area contributed by atoms with E-state index in [0.717, 1.165) is 4.90 Å². The van der Waals surface area contributed by atoms with Crippen molar-refractivity contribution in [3.05, 3.63) is 23.2 Å². The van der Waals surface area contributed by atoms with Gasteiger partial charge in [0.15, 0.2) is 0 Å². The van der Waals surface area contributed by atoms with Crippen LogP contribution in [0.4, 0.5) is 5.69 Å². The van der Waals surface area contributed by atoms with Gasteiger partial charge in [0.25, 0.3) is 0 Å². The minimum absolute atomic E-state index is 0.0574. The molecule has 0 aliphatic heterocycles. The van der Waals surface area contributed by atoms with Crippen molar-refractivity contribution in [3.63, 3.8) is 0 Å². The molecule has 0 spiro atoms. The molecule has 0 fully saturated rings. The zero-order valence-corrected chi connectivity index (χ0v) is 9.18. The maximum atomic E-state index is 10.8. The maximum Gasteiger partial charge on any atom is 0.326 e. The van der Waals surface area contributed by atoms with Crippen molar-refractivity contribution >= 4 is 29.7 Å². The van der Waals surface area contributed by atoms with Crippen molar-refractivity contribution in [1.29, 1.82) is 0 Å². The van der Waals surface area contributed by atoms with Crippen molar-refractivity contribution in [3.8, 4) is 5.75 Å². The largest absolute Gasteiger partial charge is 0.506 e. The lowest BCUT2D eigenvalue weighted by Gasteiger charge is -2.21. The number of halogens is 1. The SMILES string of the molecule is CC(C(=O)O)N(C=O)c1ccc(O)c(Cl)c1. The molecule has 1 aromatic rings. The van der Waals surface area contributed by atoms with Crippen LogP contribution in [0.15, 0.2) is 18.2 Å². The summed E-state index contributed by atoms with van der Waals surface area (Å²) in [6, 6.07) is 3.03. The molecule has 5 nitrogen and oxygen atoms in total. The summed E-state index contributed by atoms with van der Waals surface area (Å²) in [6.45, 7) is 1.37. The number of carboxylic acids is 1. The molecular weight excluding hydrogens is 234 g/mol. The van der Waals surface area contributed by atoms with E-state index in [-0.39, 0.29) is 10.8 Å². The van der Waals surface area contributed by atoms with E-state index in [1.54, 1.807) is 0 Å². The van der Waals surface area contributed by atoms with Gasteiger partial charge in [-0.3, -0.25) is 4.79 Å². The molecule has 0 aliphatic rings. The van der Waals surface area contributed by atoms with Crippen LogP contribution in [0, 0.1) is 0 Å². The summed E-state index contributed by atoms with van der Waals surface area (Å²) in [4.78, 5) is 22.6. The number of carbonyl (C=O) groups excluding carboxylic acids is 1. The lowest BCUT2D eigenvalue weighted by molar-refractivity contribution is -0.138. The Kier molecular flexibility index (Phi) is 3.73. The minimum atomic E-state index is -1.13. The number of nitrogens with zero attached hydrogens (tertiary/aromatic N) is 1. The molecule has 86 valence electrons. The van der Waals surface area contributed by atoms with Gasteiger partial charge >= 0.3 is 5.97 Å². The fraction of sp³-hybridized carbons (Fsp3) is 0.200. The van der Waals surface area contributed by atoms with Gasteiger partial charge in [-0.25, -0.2) is 4.79 Å². The zero-order chi connectivity index (χ0) is 12.3. The van der Waals surface area contributed by atoms with E-state index in [2.05, 4.69) is 0 Å². The van der Waals surface area contributed by atoms with Crippen LogP contribution in [-0.4, -0.2) is 28.6 Å². The van der Waals surface area contributed by atoms with Crippen LogP contribution in [-0.2, 0) is 9.59 Å². The summed E-state index contributed by atoms with van der Waals surface area (Å²) in [6.07, 6.45) is 0.404. The number of aromatic hydroxyl groups is 1. The second-order valence-electron chi connectivity index (χ2n) is 3.16. The molecule has 6 heteroatoms. The van der Waals surface area contributed by atoms with Crippen LogP contribution in [0.2, 0.25) is 5.02 Å². The normalized spacial score (nSPS) is 11.9. The Bertz CT molecular complexity index is 421. The summed E-state index contributed by atoms with van der Waals surface area (Å²) in [7, 11) is 0. The van der Waals surface area contributed by atoms with Gasteiger partial charge in [0, 0.05) is 5.69 Å². The highest BCUT2D eigenvalue weighted by molar-refractivity contribution is 6.32. The van der Waals surface area contributed by atoms with E-state index >= 15 is 0 Å². The van der Waals surface area contributed by atoms with Crippen LogP contribution in [0.3, 0.4) is 0 Å². The van der Waals surface area contributed by atoms with Gasteiger partial charge < -0.3 is 15.1 Å². The molecule has 0 aromatic heterocycles. The van der Waals surface area contributed by atoms with Crippen LogP contribution in [0.1, 0.15) is 6.92 Å². The molecule has 0 radical (unpaired) electrons. The summed E-state index contributed by atoms with van der Waals surface area (Å²) in [5, 5.41) is 18.0. The first-order valence-corrected chi connectivity index (χ1v) is 4.80. The number of phenols is 1. The molecule has 2 N–H and O–H groups in total. The van der Waals surface area contributed by atoms with Gasteiger partial charge in [0.2, 0.25) is 6.41 Å². The number of amides is 1. The van der Waals surface area contributed by atoms with Crippen LogP contribution in [0.25, 0.3) is 0 Å². The van der Waals surface area contributed by atoms with Crippen molar-refractivity contribution in [1.82, 2.24) is 0 Å². The number of carbonyl (C=O) groups is 2. The van der Waals surface area contributed by atoms with E-state index in [1.807, 2.05) is 0 Å². The van der Waals surface area contributed by atoms with Crippen molar-refractivity contribution < 1.29 is 19.8 Å². The molecule has 0 aliphatic carbocycles. The number of benzene rings is 1. The fourth-order valence-electron chi connectivity index (χ4n) is 1.15. The summed E-state index contributed by atoms with van der Waals surface area (Å²) in [5.74, 6) is -1.25. The number of phenolic OH excluding ortho intramolecular Hbond substituents is 1. The van der Waals surface area contributed by atoms with E-state index in [9.17, 15) is 14.7 Å². The highest BCUT2D eigenvalue weighted by atomic mass is 35.5. The Morgan fingerprint density at radius 1 is 1.56 bits per heavy atom. The number of carboxylic acid groups (broad SMARTS) is 1. The van der Waals surface area contributed by atoms with Crippen LogP contribution in [0.5, 0.6) is 5.75 Å². The Balaban J connectivity index is 3.09. The van der Waals surface area contributed by atoms with E-state index in [1.165, 1.54) is 25.1 Å². The summed E-state index contributed by atoms with van der Waals surface area (Å²) < 4.78 is 0. The molecule has 1 aromatic carbocycles. The Labute approximate surface area is 96.9 Å². The van der Waals surface area contributed by atoms with Crippen molar-refractivity contribution in [2.24, 2.45) is 0 Å². The number of aliphatic carboxylic acids is 1. The van der Waals surface area contributed by atoms with E-state index in [0.29, 0.717) is 12.1 Å². The molecule has 16 heavy (non-hydrogen) atoms. The fourth-order valence-corrected chi connectivity index (χ4v) is 1.33. The molecule has 0 heterocycles. The van der Waals surface area contributed by atoms with Gasteiger partial charge in [-0.1, -0.05) is 11.6 Å². The average molecular weight is 244 g/mol. The van der Waals surface area contributed by atoms with Crippen LogP contribution < -0.4 is 4.90 Å². The number of rotatable bonds is 4. The predicted octanol–water partition coefficient (Wildman–Crippen LogP) is 1.48. The predicted molar refractivity (Wildman–Crippen MR) is 58.8 cm³/mol. The zero-order valence-electron chi connectivity index (χ0n) is 8.42. The number of anilines is 1. The van der Waals surface area contributed by atoms with Gasteiger partial charge in [-0.2, -0.15) is 0 Å². The van der Waals surface area contributed by atoms with Gasteiger partial charge in [-0.15, -0.1) is 0 Å². The molecular formula is C10H10ClNO4. The smallest absolute Gasteiger partial charge is 0.326 e. The highest BCUT2D eigenvalue weighted by Gasteiger charge is 2.20. The Hall–Kier alpha value is -1.75. The molecule has 0 saturated heterocycles. The van der Waals surface area contributed by atoms with Crippen molar-refractivity contribution in [2.45, 2.75) is 13.0 Å². The second kappa shape index (κ2) is 4.85. The quantitative estimate of drug-likeness (QED) is 0.786. The minimum Gasteiger partial charge on any atom is -0.506 e. The lowest BCUT2D eigenvalue weighted by atomic mass is 10.2. The third kappa shape index (κ3) is 2.43. The molecule has 1 atom stereocenters. The molecule has 1 unspecified atom stereocenters. The number of hydrogen-bond acceptors (Lipinski definition) is 3. The Morgan fingerprint density at radius 3 is 2.62 bits per heavy atom. The monoisotopic (exact) mass is 243 g/mol. The number of hydrogen-bond donors (Lipinski definition) is 2.